The minimum absolute atomic E-state index is 0.0783. The van der Waals surface area contributed by atoms with Gasteiger partial charge < -0.3 is 24.8 Å². The molecule has 0 atom stereocenters. The van der Waals surface area contributed by atoms with Gasteiger partial charge in [0.25, 0.3) is 11.8 Å². The topological polar surface area (TPSA) is 105 Å². The number of hydrogen-bond donors (Lipinski definition) is 2. The Balaban J connectivity index is 1.96. The minimum atomic E-state index is -0.842. The molecule has 2 aromatic rings. The molecule has 0 heterocycles. The third-order valence-electron chi connectivity index (χ3n) is 4.20. The molecule has 2 rings (SSSR count). The summed E-state index contributed by atoms with van der Waals surface area (Å²) in [5.74, 6) is -1.47. The number of ether oxygens (including phenoxy) is 2. The Kier molecular flexibility index (Phi) is 7.59. The van der Waals surface area contributed by atoms with Gasteiger partial charge in [-0.05, 0) is 44.2 Å². The van der Waals surface area contributed by atoms with E-state index in [1.165, 1.54) is 25.3 Å². The number of anilines is 1. The van der Waals surface area contributed by atoms with E-state index in [9.17, 15) is 19.5 Å². The van der Waals surface area contributed by atoms with Crippen LogP contribution in [0.4, 0.5) is 5.69 Å². The van der Waals surface area contributed by atoms with Crippen molar-refractivity contribution in [2.45, 2.75) is 13.8 Å². The lowest BCUT2D eigenvalue weighted by Gasteiger charge is -2.19. The lowest BCUT2D eigenvalue weighted by Crippen LogP contribution is -2.30. The molecule has 0 saturated carbocycles. The SMILES string of the molecule is CCN(CC)C(=O)c1cccc(NC(=O)COC(=O)c2ccc(OC)cc2O)c1. The number of nitrogens with zero attached hydrogens (tertiary/aromatic N) is 1. The maximum Gasteiger partial charge on any atom is 0.342 e. The highest BCUT2D eigenvalue weighted by Gasteiger charge is 2.16. The van der Waals surface area contributed by atoms with Gasteiger partial charge >= 0.3 is 5.97 Å². The van der Waals surface area contributed by atoms with Crippen LogP contribution in [-0.4, -0.2) is 54.6 Å². The van der Waals surface area contributed by atoms with Crippen LogP contribution in [0.2, 0.25) is 0 Å². The van der Waals surface area contributed by atoms with Gasteiger partial charge in [0.05, 0.1) is 7.11 Å². The summed E-state index contributed by atoms with van der Waals surface area (Å²) in [5, 5.41) is 12.4. The van der Waals surface area contributed by atoms with Crippen LogP contribution in [0.1, 0.15) is 34.6 Å². The first-order chi connectivity index (χ1) is 13.9. The summed E-state index contributed by atoms with van der Waals surface area (Å²) in [6, 6.07) is 10.6. The molecule has 2 aromatic carbocycles. The Labute approximate surface area is 169 Å². The molecule has 154 valence electrons. The second kappa shape index (κ2) is 10.1. The van der Waals surface area contributed by atoms with Crippen molar-refractivity contribution in [1.29, 1.82) is 0 Å². The van der Waals surface area contributed by atoms with Crippen LogP contribution in [0, 0.1) is 0 Å². The average molecular weight is 400 g/mol. The van der Waals surface area contributed by atoms with E-state index in [0.717, 1.165) is 0 Å². The van der Waals surface area contributed by atoms with Gasteiger partial charge in [-0.3, -0.25) is 9.59 Å². The molecule has 0 bridgehead atoms. The van der Waals surface area contributed by atoms with Crippen molar-refractivity contribution in [3.63, 3.8) is 0 Å². The number of benzene rings is 2. The van der Waals surface area contributed by atoms with Crippen molar-refractivity contribution in [2.75, 3.05) is 32.1 Å². The number of esters is 1. The fourth-order valence-electron chi connectivity index (χ4n) is 2.64. The van der Waals surface area contributed by atoms with Crippen molar-refractivity contribution in [1.82, 2.24) is 4.90 Å². The molecular weight excluding hydrogens is 376 g/mol. The van der Waals surface area contributed by atoms with Gasteiger partial charge in [0.2, 0.25) is 0 Å². The monoisotopic (exact) mass is 400 g/mol. The fraction of sp³-hybridized carbons (Fsp3) is 0.286. The zero-order valence-electron chi connectivity index (χ0n) is 16.6. The maximum absolute atomic E-state index is 12.4. The molecule has 0 aliphatic carbocycles. The van der Waals surface area contributed by atoms with Crippen molar-refractivity contribution >= 4 is 23.5 Å². The van der Waals surface area contributed by atoms with Gasteiger partial charge in [0, 0.05) is 30.4 Å². The summed E-state index contributed by atoms with van der Waals surface area (Å²) in [5.41, 5.74) is 0.786. The number of hydrogen-bond acceptors (Lipinski definition) is 6. The van der Waals surface area contributed by atoms with Crippen LogP contribution in [0.25, 0.3) is 0 Å². The summed E-state index contributed by atoms with van der Waals surface area (Å²) >= 11 is 0. The largest absolute Gasteiger partial charge is 0.507 e. The Morgan fingerprint density at radius 2 is 1.79 bits per heavy atom. The first-order valence-electron chi connectivity index (χ1n) is 9.12. The molecule has 8 heteroatoms. The normalized spacial score (nSPS) is 10.2. The van der Waals surface area contributed by atoms with Crippen LogP contribution >= 0.6 is 0 Å². The third kappa shape index (κ3) is 5.71. The summed E-state index contributed by atoms with van der Waals surface area (Å²) in [6.45, 7) is 4.41. The molecule has 0 fully saturated rings. The third-order valence-corrected chi connectivity index (χ3v) is 4.20. The van der Waals surface area contributed by atoms with Gasteiger partial charge in [-0.1, -0.05) is 6.07 Å². The van der Waals surface area contributed by atoms with Crippen molar-refractivity contribution in [2.24, 2.45) is 0 Å². The molecule has 0 aliphatic heterocycles. The molecule has 0 saturated heterocycles. The van der Waals surface area contributed by atoms with Crippen molar-refractivity contribution < 1.29 is 29.0 Å². The van der Waals surface area contributed by atoms with Crippen molar-refractivity contribution in [3.8, 4) is 11.5 Å². The number of carbonyl (C=O) groups is 3. The second-order valence-electron chi connectivity index (χ2n) is 6.07. The number of carbonyl (C=O) groups excluding carboxylic acids is 3. The fourth-order valence-corrected chi connectivity index (χ4v) is 2.64. The Bertz CT molecular complexity index is 892. The molecule has 0 unspecified atom stereocenters. The summed E-state index contributed by atoms with van der Waals surface area (Å²) in [7, 11) is 1.43. The van der Waals surface area contributed by atoms with E-state index in [4.69, 9.17) is 9.47 Å². The van der Waals surface area contributed by atoms with Crippen LogP contribution in [-0.2, 0) is 9.53 Å². The summed E-state index contributed by atoms with van der Waals surface area (Å²) < 4.78 is 9.89. The van der Waals surface area contributed by atoms with Crippen molar-refractivity contribution in [3.05, 3.63) is 53.6 Å². The van der Waals surface area contributed by atoms with E-state index in [-0.39, 0.29) is 17.2 Å². The van der Waals surface area contributed by atoms with E-state index < -0.39 is 18.5 Å². The first-order valence-corrected chi connectivity index (χ1v) is 9.12. The van der Waals surface area contributed by atoms with Gasteiger partial charge in [-0.2, -0.15) is 0 Å². The first kappa shape index (κ1) is 21.7. The number of phenols is 1. The van der Waals surface area contributed by atoms with E-state index in [2.05, 4.69) is 5.32 Å². The minimum Gasteiger partial charge on any atom is -0.507 e. The van der Waals surface area contributed by atoms with Gasteiger partial charge in [-0.25, -0.2) is 4.79 Å². The molecule has 2 amide bonds. The smallest absolute Gasteiger partial charge is 0.342 e. The van der Waals surface area contributed by atoms with Crippen LogP contribution in [0.5, 0.6) is 11.5 Å². The van der Waals surface area contributed by atoms with Crippen LogP contribution < -0.4 is 10.1 Å². The van der Waals surface area contributed by atoms with Gasteiger partial charge in [0.1, 0.15) is 17.1 Å². The lowest BCUT2D eigenvalue weighted by molar-refractivity contribution is -0.119. The number of amides is 2. The van der Waals surface area contributed by atoms with E-state index in [1.807, 2.05) is 13.8 Å². The highest BCUT2D eigenvalue weighted by molar-refractivity contribution is 5.99. The Morgan fingerprint density at radius 3 is 2.41 bits per heavy atom. The quantitative estimate of drug-likeness (QED) is 0.660. The molecule has 29 heavy (non-hydrogen) atoms. The summed E-state index contributed by atoms with van der Waals surface area (Å²) in [6.07, 6.45) is 0. The Morgan fingerprint density at radius 1 is 1.07 bits per heavy atom. The molecule has 0 aromatic heterocycles. The molecule has 8 nitrogen and oxygen atoms in total. The maximum atomic E-state index is 12.4. The van der Waals surface area contributed by atoms with E-state index >= 15 is 0 Å². The van der Waals surface area contributed by atoms with E-state index in [0.29, 0.717) is 30.1 Å². The molecule has 2 N–H and O–H groups in total. The molecule has 0 aliphatic rings. The standard InChI is InChI=1S/C21H24N2O6/c1-4-23(5-2)20(26)14-7-6-8-15(11-14)22-19(25)13-29-21(27)17-10-9-16(28-3)12-18(17)24/h6-12,24H,4-5,13H2,1-3H3,(H,22,25). The zero-order valence-corrected chi connectivity index (χ0v) is 16.6. The van der Waals surface area contributed by atoms with E-state index in [1.54, 1.807) is 29.2 Å². The number of methoxy groups -OCH3 is 1. The van der Waals surface area contributed by atoms with Crippen LogP contribution in [0.3, 0.4) is 0 Å². The zero-order chi connectivity index (χ0) is 21.4. The highest BCUT2D eigenvalue weighted by Crippen LogP contribution is 2.24. The predicted octanol–water partition coefficient (Wildman–Crippen LogP) is 2.68. The lowest BCUT2D eigenvalue weighted by atomic mass is 10.1. The van der Waals surface area contributed by atoms with Crippen LogP contribution in [0.15, 0.2) is 42.5 Å². The van der Waals surface area contributed by atoms with Gasteiger partial charge in [0.15, 0.2) is 6.61 Å². The number of rotatable bonds is 8. The number of phenolic OH excluding ortho intramolecular Hbond substituents is 1. The number of nitrogens with one attached hydrogen (secondary N) is 1. The predicted molar refractivity (Wildman–Crippen MR) is 107 cm³/mol. The second-order valence-corrected chi connectivity index (χ2v) is 6.07. The number of aromatic hydroxyl groups is 1. The average Bonchev–Trinajstić information content (AvgIpc) is 2.72. The summed E-state index contributed by atoms with van der Waals surface area (Å²) in [4.78, 5) is 38.2. The molecule has 0 radical (unpaired) electrons. The van der Waals surface area contributed by atoms with Gasteiger partial charge in [-0.15, -0.1) is 0 Å². The highest BCUT2D eigenvalue weighted by atomic mass is 16.5. The Hall–Kier alpha value is -3.55. The molecular formula is C21H24N2O6. The molecule has 0 spiro atoms.